The Hall–Kier alpha value is 0.0900. The van der Waals surface area contributed by atoms with Crippen molar-refractivity contribution in [1.82, 2.24) is 4.72 Å². The normalized spacial score (nSPS) is 26.9. The molecule has 0 bridgehead atoms. The maximum Gasteiger partial charge on any atom is 0.241 e. The van der Waals surface area contributed by atoms with Crippen LogP contribution in [0.25, 0.3) is 0 Å². The molecule has 1 N–H and O–H groups in total. The fraction of sp³-hybridized carbons (Fsp3) is 0.571. The van der Waals surface area contributed by atoms with Gasteiger partial charge < -0.3 is 0 Å². The van der Waals surface area contributed by atoms with E-state index in [1.165, 1.54) is 0 Å². The average Bonchev–Trinajstić information content (AvgIpc) is 2.65. The van der Waals surface area contributed by atoms with Crippen molar-refractivity contribution in [2.75, 3.05) is 0 Å². The van der Waals surface area contributed by atoms with Gasteiger partial charge in [0, 0.05) is 15.0 Å². The standard InChI is InChI=1S/C14H19Br2NO2S/c1-8-4-5-13(10(8)3)17-20(18,19)14-7-11(15)9(2)6-12(14)16/h6-8,10,13,17H,4-5H2,1-3H3. The Labute approximate surface area is 137 Å². The Kier molecular flexibility index (Phi) is 4.99. The van der Waals surface area contributed by atoms with Crippen molar-refractivity contribution in [1.29, 1.82) is 0 Å². The summed E-state index contributed by atoms with van der Waals surface area (Å²) in [6, 6.07) is 3.51. The summed E-state index contributed by atoms with van der Waals surface area (Å²) in [5.74, 6) is 0.938. The van der Waals surface area contributed by atoms with Crippen molar-refractivity contribution in [3.05, 3.63) is 26.6 Å². The summed E-state index contributed by atoms with van der Waals surface area (Å²) < 4.78 is 29.4. The van der Waals surface area contributed by atoms with E-state index in [1.54, 1.807) is 6.07 Å². The van der Waals surface area contributed by atoms with Gasteiger partial charge in [-0.1, -0.05) is 29.8 Å². The molecule has 3 unspecified atom stereocenters. The Morgan fingerprint density at radius 1 is 1.15 bits per heavy atom. The van der Waals surface area contributed by atoms with Crippen LogP contribution in [0.4, 0.5) is 0 Å². The number of benzene rings is 1. The van der Waals surface area contributed by atoms with Crippen LogP contribution in [-0.2, 0) is 10.0 Å². The molecule has 112 valence electrons. The minimum atomic E-state index is -3.50. The quantitative estimate of drug-likeness (QED) is 0.788. The number of aryl methyl sites for hydroxylation is 1. The Morgan fingerprint density at radius 2 is 1.80 bits per heavy atom. The molecule has 1 fully saturated rings. The van der Waals surface area contributed by atoms with Crippen LogP contribution >= 0.6 is 31.9 Å². The number of nitrogens with one attached hydrogen (secondary N) is 1. The Balaban J connectivity index is 2.30. The molecular formula is C14H19Br2NO2S. The molecule has 3 atom stereocenters. The van der Waals surface area contributed by atoms with Gasteiger partial charge >= 0.3 is 0 Å². The molecule has 0 amide bonds. The van der Waals surface area contributed by atoms with E-state index in [2.05, 4.69) is 50.4 Å². The van der Waals surface area contributed by atoms with Gasteiger partial charge in [0.25, 0.3) is 0 Å². The first kappa shape index (κ1) is 16.5. The Bertz CT molecular complexity index is 616. The lowest BCUT2D eigenvalue weighted by Crippen LogP contribution is -2.37. The van der Waals surface area contributed by atoms with Crippen LogP contribution in [0.5, 0.6) is 0 Å². The van der Waals surface area contributed by atoms with Crippen molar-refractivity contribution in [3.63, 3.8) is 0 Å². The van der Waals surface area contributed by atoms with Gasteiger partial charge in [-0.05, 0) is 65.2 Å². The summed E-state index contributed by atoms with van der Waals surface area (Å²) in [5, 5.41) is 0. The fourth-order valence-electron chi connectivity index (χ4n) is 2.63. The number of rotatable bonds is 3. The van der Waals surface area contributed by atoms with E-state index in [0.29, 0.717) is 21.2 Å². The van der Waals surface area contributed by atoms with Gasteiger partial charge in [0.1, 0.15) is 0 Å². The number of sulfonamides is 1. The third kappa shape index (κ3) is 3.29. The first-order chi connectivity index (χ1) is 9.22. The molecule has 1 aliphatic carbocycles. The molecule has 0 spiro atoms. The van der Waals surface area contributed by atoms with Gasteiger partial charge in [-0.2, -0.15) is 0 Å². The predicted molar refractivity (Wildman–Crippen MR) is 88.3 cm³/mol. The molecule has 3 nitrogen and oxygen atoms in total. The Morgan fingerprint density at radius 3 is 2.35 bits per heavy atom. The third-order valence-corrected chi connectivity index (χ3v) is 7.58. The highest BCUT2D eigenvalue weighted by Gasteiger charge is 2.33. The van der Waals surface area contributed by atoms with Crippen molar-refractivity contribution in [2.24, 2.45) is 11.8 Å². The van der Waals surface area contributed by atoms with Crippen molar-refractivity contribution in [3.8, 4) is 0 Å². The minimum Gasteiger partial charge on any atom is -0.208 e. The molecular weight excluding hydrogens is 406 g/mol. The molecule has 20 heavy (non-hydrogen) atoms. The van der Waals surface area contributed by atoms with E-state index < -0.39 is 10.0 Å². The summed E-state index contributed by atoms with van der Waals surface area (Å²) in [6.07, 6.45) is 1.99. The predicted octanol–water partition coefficient (Wildman–Crippen LogP) is 4.23. The van der Waals surface area contributed by atoms with Gasteiger partial charge in [0.2, 0.25) is 10.0 Å². The van der Waals surface area contributed by atoms with Gasteiger partial charge in [0.05, 0.1) is 4.90 Å². The van der Waals surface area contributed by atoms with Crippen LogP contribution in [0.2, 0.25) is 0 Å². The molecule has 1 aliphatic rings. The second-order valence-electron chi connectivity index (χ2n) is 5.67. The molecule has 0 radical (unpaired) electrons. The maximum atomic E-state index is 12.6. The molecule has 0 aliphatic heterocycles. The molecule has 0 heterocycles. The smallest absolute Gasteiger partial charge is 0.208 e. The van der Waals surface area contributed by atoms with Crippen LogP contribution in [0.1, 0.15) is 32.3 Å². The maximum absolute atomic E-state index is 12.6. The van der Waals surface area contributed by atoms with Crippen molar-refractivity contribution in [2.45, 2.75) is 44.6 Å². The van der Waals surface area contributed by atoms with Crippen LogP contribution in [0, 0.1) is 18.8 Å². The lowest BCUT2D eigenvalue weighted by Gasteiger charge is -2.20. The zero-order chi connectivity index (χ0) is 15.1. The van der Waals surface area contributed by atoms with Crippen LogP contribution in [0.3, 0.4) is 0 Å². The van der Waals surface area contributed by atoms with Crippen LogP contribution in [-0.4, -0.2) is 14.5 Å². The summed E-state index contributed by atoms with van der Waals surface area (Å²) in [4.78, 5) is 0.293. The van der Waals surface area contributed by atoms with Gasteiger partial charge in [-0.25, -0.2) is 13.1 Å². The van der Waals surface area contributed by atoms with Crippen molar-refractivity contribution < 1.29 is 8.42 Å². The van der Waals surface area contributed by atoms with Crippen molar-refractivity contribution >= 4 is 41.9 Å². The summed E-state index contributed by atoms with van der Waals surface area (Å²) in [7, 11) is -3.50. The average molecular weight is 425 g/mol. The van der Waals surface area contributed by atoms with Gasteiger partial charge in [-0.15, -0.1) is 0 Å². The highest BCUT2D eigenvalue weighted by molar-refractivity contribution is 9.11. The topological polar surface area (TPSA) is 46.2 Å². The third-order valence-electron chi connectivity index (χ3n) is 4.27. The molecule has 2 rings (SSSR count). The summed E-state index contributed by atoms with van der Waals surface area (Å²) >= 11 is 6.75. The van der Waals surface area contributed by atoms with E-state index in [4.69, 9.17) is 0 Å². The van der Waals surface area contributed by atoms with Crippen LogP contribution in [0.15, 0.2) is 26.0 Å². The summed E-state index contributed by atoms with van der Waals surface area (Å²) in [5.41, 5.74) is 0.999. The number of hydrogen-bond acceptors (Lipinski definition) is 2. The highest BCUT2D eigenvalue weighted by Crippen LogP contribution is 2.34. The first-order valence-electron chi connectivity index (χ1n) is 6.70. The molecule has 6 heteroatoms. The zero-order valence-electron chi connectivity index (χ0n) is 11.8. The number of halogens is 2. The first-order valence-corrected chi connectivity index (χ1v) is 9.77. The fourth-order valence-corrected chi connectivity index (χ4v) is 5.67. The highest BCUT2D eigenvalue weighted by atomic mass is 79.9. The van der Waals surface area contributed by atoms with Crippen LogP contribution < -0.4 is 4.72 Å². The van der Waals surface area contributed by atoms with E-state index >= 15 is 0 Å². The minimum absolute atomic E-state index is 0.0296. The lowest BCUT2D eigenvalue weighted by atomic mass is 9.98. The zero-order valence-corrected chi connectivity index (χ0v) is 15.8. The molecule has 1 saturated carbocycles. The molecule has 0 aromatic heterocycles. The molecule has 1 aromatic rings. The lowest BCUT2D eigenvalue weighted by molar-refractivity contribution is 0.402. The largest absolute Gasteiger partial charge is 0.241 e. The van der Waals surface area contributed by atoms with E-state index in [9.17, 15) is 8.42 Å². The number of hydrogen-bond donors (Lipinski definition) is 1. The van der Waals surface area contributed by atoms with E-state index in [0.717, 1.165) is 22.9 Å². The molecule has 1 aromatic carbocycles. The second kappa shape index (κ2) is 6.07. The SMILES string of the molecule is Cc1cc(Br)c(S(=O)(=O)NC2CCC(C)C2C)cc1Br. The van der Waals surface area contributed by atoms with E-state index in [1.807, 2.05) is 13.0 Å². The second-order valence-corrected chi connectivity index (χ2v) is 9.06. The van der Waals surface area contributed by atoms with Gasteiger partial charge in [0.15, 0.2) is 0 Å². The molecule has 0 saturated heterocycles. The van der Waals surface area contributed by atoms with Gasteiger partial charge in [-0.3, -0.25) is 0 Å². The summed E-state index contributed by atoms with van der Waals surface area (Å²) in [6.45, 7) is 6.22. The monoisotopic (exact) mass is 423 g/mol. The van der Waals surface area contributed by atoms with E-state index in [-0.39, 0.29) is 6.04 Å².